The first-order chi connectivity index (χ1) is 15.7. The number of amides is 1. The molecule has 3 N–H and O–H groups in total. The number of nitrogens with zero attached hydrogens (tertiary/aromatic N) is 2. The monoisotopic (exact) mass is 431 g/mol. The Kier molecular flexibility index (Phi) is 7.10. The molecule has 2 aromatic carbocycles. The van der Waals surface area contributed by atoms with E-state index in [1.807, 2.05) is 17.0 Å². The van der Waals surface area contributed by atoms with Crippen molar-refractivity contribution in [2.24, 2.45) is 4.99 Å². The molecule has 1 aromatic heterocycles. The Balaban J connectivity index is 1.23. The number of aryl methyl sites for hydroxylation is 1. The largest absolute Gasteiger partial charge is 0.361 e. The molecule has 4 rings (SSSR count). The lowest BCUT2D eigenvalue weighted by atomic mass is 10.1. The number of aromatic amines is 1. The molecule has 0 fully saturated rings. The standard InChI is InChI=1S/C26H33N5O/c1-3-27-26(29-15-13-20-16-30-23-11-6-8-19(2)25(20)23)28-14-7-12-24(32)31-17-21-9-4-5-10-22(21)18-31/h4-6,8-11,16,30H,3,7,12-15,17-18H2,1-2H3,(H2,27,28,29). The lowest BCUT2D eigenvalue weighted by molar-refractivity contribution is -0.131. The van der Waals surface area contributed by atoms with Gasteiger partial charge in [-0.1, -0.05) is 36.4 Å². The highest BCUT2D eigenvalue weighted by Crippen LogP contribution is 2.23. The Morgan fingerprint density at radius 1 is 1.09 bits per heavy atom. The van der Waals surface area contributed by atoms with Crippen molar-refractivity contribution >= 4 is 22.8 Å². The average Bonchev–Trinajstić information content (AvgIpc) is 3.41. The Labute approximate surface area is 190 Å². The van der Waals surface area contributed by atoms with E-state index in [2.05, 4.69) is 71.0 Å². The van der Waals surface area contributed by atoms with E-state index in [0.29, 0.717) is 13.0 Å². The van der Waals surface area contributed by atoms with E-state index in [-0.39, 0.29) is 5.91 Å². The number of H-pyrrole nitrogens is 1. The Morgan fingerprint density at radius 2 is 1.88 bits per heavy atom. The van der Waals surface area contributed by atoms with Crippen LogP contribution in [-0.2, 0) is 24.3 Å². The van der Waals surface area contributed by atoms with Crippen molar-refractivity contribution in [3.63, 3.8) is 0 Å². The fraction of sp³-hybridized carbons (Fsp3) is 0.385. The highest BCUT2D eigenvalue weighted by atomic mass is 16.2. The number of hydrogen-bond donors (Lipinski definition) is 3. The van der Waals surface area contributed by atoms with E-state index in [1.54, 1.807) is 0 Å². The predicted octanol–water partition coefficient (Wildman–Crippen LogP) is 3.90. The summed E-state index contributed by atoms with van der Waals surface area (Å²) in [6, 6.07) is 14.7. The van der Waals surface area contributed by atoms with E-state index in [4.69, 9.17) is 0 Å². The first-order valence-electron chi connectivity index (χ1n) is 11.6. The summed E-state index contributed by atoms with van der Waals surface area (Å²) in [5.41, 5.74) is 6.33. The zero-order chi connectivity index (χ0) is 22.3. The maximum atomic E-state index is 12.6. The molecule has 168 valence electrons. The normalized spacial score (nSPS) is 13.4. The molecule has 1 aliphatic rings. The minimum Gasteiger partial charge on any atom is -0.361 e. The van der Waals surface area contributed by atoms with Crippen molar-refractivity contribution in [2.75, 3.05) is 19.6 Å². The van der Waals surface area contributed by atoms with Crippen LogP contribution in [0.2, 0.25) is 0 Å². The number of nitrogens with one attached hydrogen (secondary N) is 3. The minimum absolute atomic E-state index is 0.212. The molecule has 3 aromatic rings. The zero-order valence-corrected chi connectivity index (χ0v) is 19.1. The molecule has 32 heavy (non-hydrogen) atoms. The quantitative estimate of drug-likeness (QED) is 0.288. The van der Waals surface area contributed by atoms with Crippen LogP contribution in [0.5, 0.6) is 0 Å². The van der Waals surface area contributed by atoms with Crippen molar-refractivity contribution in [3.8, 4) is 0 Å². The molecule has 2 heterocycles. The molecule has 0 bridgehead atoms. The third-order valence-electron chi connectivity index (χ3n) is 6.04. The Bertz CT molecular complexity index is 1080. The van der Waals surface area contributed by atoms with Gasteiger partial charge < -0.3 is 20.5 Å². The second-order valence-corrected chi connectivity index (χ2v) is 8.37. The fourth-order valence-electron chi connectivity index (χ4n) is 4.39. The molecule has 0 radical (unpaired) electrons. The Hall–Kier alpha value is -3.28. The van der Waals surface area contributed by atoms with Gasteiger partial charge in [0.05, 0.1) is 0 Å². The summed E-state index contributed by atoms with van der Waals surface area (Å²) in [4.78, 5) is 22.5. The number of carbonyl (C=O) groups excluding carboxylic acids is 1. The van der Waals surface area contributed by atoms with E-state index >= 15 is 0 Å². The Morgan fingerprint density at radius 3 is 2.62 bits per heavy atom. The lowest BCUT2D eigenvalue weighted by Gasteiger charge is -2.15. The molecule has 6 nitrogen and oxygen atoms in total. The summed E-state index contributed by atoms with van der Waals surface area (Å²) in [7, 11) is 0. The summed E-state index contributed by atoms with van der Waals surface area (Å²) < 4.78 is 0. The van der Waals surface area contributed by atoms with Crippen LogP contribution < -0.4 is 10.6 Å². The second kappa shape index (κ2) is 10.4. The van der Waals surface area contributed by atoms with Crippen LogP contribution in [-0.4, -0.2) is 41.4 Å². The van der Waals surface area contributed by atoms with Gasteiger partial charge in [-0.3, -0.25) is 9.79 Å². The maximum absolute atomic E-state index is 12.6. The van der Waals surface area contributed by atoms with E-state index in [0.717, 1.165) is 45.0 Å². The van der Waals surface area contributed by atoms with Crippen molar-refractivity contribution < 1.29 is 4.79 Å². The second-order valence-electron chi connectivity index (χ2n) is 8.37. The number of hydrogen-bond acceptors (Lipinski definition) is 2. The number of guanidine groups is 1. The summed E-state index contributed by atoms with van der Waals surface area (Å²) in [5, 5.41) is 8.05. The zero-order valence-electron chi connectivity index (χ0n) is 19.1. The van der Waals surface area contributed by atoms with Gasteiger partial charge in [-0.05, 0) is 55.0 Å². The van der Waals surface area contributed by atoms with Crippen molar-refractivity contribution in [3.05, 3.63) is 70.9 Å². The lowest BCUT2D eigenvalue weighted by Crippen LogP contribution is -2.38. The molecule has 0 atom stereocenters. The summed E-state index contributed by atoms with van der Waals surface area (Å²) in [5.74, 6) is 1.02. The van der Waals surface area contributed by atoms with Crippen LogP contribution in [0.4, 0.5) is 0 Å². The molecular weight excluding hydrogens is 398 g/mol. The first-order valence-corrected chi connectivity index (χ1v) is 11.6. The number of benzene rings is 2. The van der Waals surface area contributed by atoms with Gasteiger partial charge >= 0.3 is 0 Å². The summed E-state index contributed by atoms with van der Waals surface area (Å²) in [6.07, 6.45) is 4.31. The maximum Gasteiger partial charge on any atom is 0.223 e. The third kappa shape index (κ3) is 5.13. The summed E-state index contributed by atoms with van der Waals surface area (Å²) >= 11 is 0. The van der Waals surface area contributed by atoms with Crippen LogP contribution in [0.1, 0.15) is 42.0 Å². The number of carbonyl (C=O) groups is 1. The van der Waals surface area contributed by atoms with E-state index in [1.165, 1.54) is 33.2 Å². The minimum atomic E-state index is 0.212. The third-order valence-corrected chi connectivity index (χ3v) is 6.04. The van der Waals surface area contributed by atoms with Gasteiger partial charge in [-0.25, -0.2) is 0 Å². The topological polar surface area (TPSA) is 72.5 Å². The fourth-order valence-corrected chi connectivity index (χ4v) is 4.39. The van der Waals surface area contributed by atoms with Crippen LogP contribution >= 0.6 is 0 Å². The number of aromatic nitrogens is 1. The van der Waals surface area contributed by atoms with Gasteiger partial charge in [0.15, 0.2) is 5.96 Å². The van der Waals surface area contributed by atoms with Gasteiger partial charge in [0.25, 0.3) is 0 Å². The average molecular weight is 432 g/mol. The number of fused-ring (bicyclic) bond motifs is 2. The molecule has 1 amide bonds. The molecular formula is C26H33N5O. The van der Waals surface area contributed by atoms with Gasteiger partial charge in [-0.2, -0.15) is 0 Å². The number of rotatable bonds is 8. The van der Waals surface area contributed by atoms with E-state index < -0.39 is 0 Å². The highest BCUT2D eigenvalue weighted by Gasteiger charge is 2.22. The molecule has 6 heteroatoms. The van der Waals surface area contributed by atoms with Crippen molar-refractivity contribution in [2.45, 2.75) is 46.2 Å². The van der Waals surface area contributed by atoms with Crippen LogP contribution in [0.3, 0.4) is 0 Å². The smallest absolute Gasteiger partial charge is 0.223 e. The molecule has 0 saturated heterocycles. The molecule has 0 spiro atoms. The molecule has 0 aliphatic carbocycles. The van der Waals surface area contributed by atoms with Gasteiger partial charge in [-0.15, -0.1) is 0 Å². The molecule has 0 unspecified atom stereocenters. The summed E-state index contributed by atoms with van der Waals surface area (Å²) in [6.45, 7) is 7.93. The highest BCUT2D eigenvalue weighted by molar-refractivity contribution is 5.86. The van der Waals surface area contributed by atoms with Crippen molar-refractivity contribution in [1.29, 1.82) is 0 Å². The van der Waals surface area contributed by atoms with Gasteiger partial charge in [0.2, 0.25) is 5.91 Å². The van der Waals surface area contributed by atoms with Crippen molar-refractivity contribution in [1.82, 2.24) is 20.5 Å². The predicted molar refractivity (Wildman–Crippen MR) is 131 cm³/mol. The van der Waals surface area contributed by atoms with Gasteiger partial charge in [0.1, 0.15) is 0 Å². The van der Waals surface area contributed by atoms with Gasteiger partial charge in [0, 0.05) is 56.2 Å². The number of aliphatic imine (C=N–C) groups is 1. The SMILES string of the molecule is CCNC(=NCCCC(=O)N1Cc2ccccc2C1)NCCc1c[nH]c2cccc(C)c12. The molecule has 1 aliphatic heterocycles. The van der Waals surface area contributed by atoms with Crippen LogP contribution in [0.25, 0.3) is 10.9 Å². The molecule has 0 saturated carbocycles. The first kappa shape index (κ1) is 21.9. The van der Waals surface area contributed by atoms with E-state index in [9.17, 15) is 4.79 Å². The van der Waals surface area contributed by atoms with Crippen LogP contribution in [0, 0.1) is 6.92 Å². The van der Waals surface area contributed by atoms with Crippen LogP contribution in [0.15, 0.2) is 53.7 Å².